The van der Waals surface area contributed by atoms with Crippen LogP contribution in [0.5, 0.6) is 0 Å². The lowest BCUT2D eigenvalue weighted by molar-refractivity contribution is -0.160. The van der Waals surface area contributed by atoms with Gasteiger partial charge in [0.1, 0.15) is 0 Å². The molecule has 1 N–H and O–H groups in total. The fraction of sp³-hybridized carbons (Fsp3) is 0.167. The zero-order valence-electron chi connectivity index (χ0n) is 20.0. The average molecular weight is 476 g/mol. The second-order valence-corrected chi connectivity index (χ2v) is 9.46. The van der Waals surface area contributed by atoms with Crippen LogP contribution in [-0.4, -0.2) is 41.7 Å². The topological polar surface area (TPSA) is 69.7 Å². The highest BCUT2D eigenvalue weighted by molar-refractivity contribution is 6.21. The first-order valence-electron chi connectivity index (χ1n) is 11.9. The van der Waals surface area contributed by atoms with E-state index < -0.39 is 35.2 Å². The maximum Gasteiger partial charge on any atom is 0.332 e. The molecule has 6 nitrogen and oxygen atoms in total. The first kappa shape index (κ1) is 22.0. The number of barbiturate groups is 1. The fourth-order valence-corrected chi connectivity index (χ4v) is 6.00. The number of benzene rings is 4. The van der Waals surface area contributed by atoms with Gasteiger partial charge in [-0.05, 0) is 33.5 Å². The Balaban J connectivity index is 1.77. The normalized spacial score (nSPS) is 21.0. The molecule has 4 aromatic carbocycles. The highest BCUT2D eigenvalue weighted by Gasteiger charge is 2.66. The van der Waals surface area contributed by atoms with E-state index in [1.54, 1.807) is 0 Å². The van der Waals surface area contributed by atoms with E-state index in [0.717, 1.165) is 43.0 Å². The third-order valence-electron chi connectivity index (χ3n) is 7.63. The largest absolute Gasteiger partial charge is 0.376 e. The van der Waals surface area contributed by atoms with E-state index >= 15 is 0 Å². The van der Waals surface area contributed by atoms with Crippen LogP contribution in [0.25, 0.3) is 10.8 Å². The molecule has 2 heterocycles. The van der Waals surface area contributed by atoms with Gasteiger partial charge in [-0.15, -0.1) is 0 Å². The number of fused-ring (bicyclic) bond motifs is 3. The molecule has 0 aromatic heterocycles. The van der Waals surface area contributed by atoms with Crippen molar-refractivity contribution >= 4 is 34.3 Å². The van der Waals surface area contributed by atoms with Crippen molar-refractivity contribution < 1.29 is 14.4 Å². The Bertz CT molecular complexity index is 1490. The molecule has 0 saturated carbocycles. The van der Waals surface area contributed by atoms with Crippen molar-refractivity contribution in [3.8, 4) is 0 Å². The van der Waals surface area contributed by atoms with Crippen LogP contribution < -0.4 is 5.32 Å². The van der Waals surface area contributed by atoms with Gasteiger partial charge in [0, 0.05) is 25.7 Å². The number of hydrogen-bond acceptors (Lipinski definition) is 4. The van der Waals surface area contributed by atoms with Gasteiger partial charge in [-0.1, -0.05) is 91.0 Å². The average Bonchev–Trinajstić information content (AvgIpc) is 2.94. The van der Waals surface area contributed by atoms with Crippen molar-refractivity contribution in [2.75, 3.05) is 19.4 Å². The molecule has 0 aliphatic carbocycles. The summed E-state index contributed by atoms with van der Waals surface area (Å²) >= 11 is 0. The van der Waals surface area contributed by atoms with Gasteiger partial charge in [0.15, 0.2) is 5.41 Å². The number of amides is 4. The summed E-state index contributed by atoms with van der Waals surface area (Å²) in [5.41, 5.74) is 1.76. The van der Waals surface area contributed by atoms with Gasteiger partial charge >= 0.3 is 6.03 Å². The lowest BCUT2D eigenvalue weighted by atomic mass is 9.58. The Morgan fingerprint density at radius 3 is 1.86 bits per heavy atom. The molecule has 1 fully saturated rings. The number of hydrogen-bond donors (Lipinski definition) is 1. The summed E-state index contributed by atoms with van der Waals surface area (Å²) in [6, 6.07) is 30.0. The van der Waals surface area contributed by atoms with E-state index in [1.807, 2.05) is 91.0 Å². The second-order valence-electron chi connectivity index (χ2n) is 9.46. The molecule has 6 rings (SSSR count). The van der Waals surface area contributed by atoms with E-state index in [-0.39, 0.29) is 0 Å². The number of rotatable bonds is 2. The fourth-order valence-electron chi connectivity index (χ4n) is 6.00. The van der Waals surface area contributed by atoms with Gasteiger partial charge in [0.2, 0.25) is 11.8 Å². The Labute approximate surface area is 209 Å². The van der Waals surface area contributed by atoms with Gasteiger partial charge < -0.3 is 5.32 Å². The van der Waals surface area contributed by atoms with E-state index in [2.05, 4.69) is 11.4 Å². The number of carbonyl (C=O) groups is 3. The molecule has 2 aliphatic heterocycles. The Kier molecular flexibility index (Phi) is 4.93. The van der Waals surface area contributed by atoms with Crippen LogP contribution in [0.3, 0.4) is 0 Å². The third-order valence-corrected chi connectivity index (χ3v) is 7.63. The molecule has 4 amide bonds. The highest BCUT2D eigenvalue weighted by Crippen LogP contribution is 2.59. The summed E-state index contributed by atoms with van der Waals surface area (Å²) in [4.78, 5) is 43.9. The van der Waals surface area contributed by atoms with E-state index in [0.29, 0.717) is 0 Å². The first-order chi connectivity index (χ1) is 17.5. The molecule has 36 heavy (non-hydrogen) atoms. The number of imide groups is 2. The van der Waals surface area contributed by atoms with Crippen LogP contribution in [0.15, 0.2) is 97.1 Å². The molecule has 1 saturated heterocycles. The van der Waals surface area contributed by atoms with Gasteiger partial charge in [0.25, 0.3) is 0 Å². The molecule has 4 aromatic rings. The van der Waals surface area contributed by atoms with Crippen molar-refractivity contribution in [2.45, 2.75) is 12.0 Å². The number of urea groups is 1. The van der Waals surface area contributed by atoms with Gasteiger partial charge in [-0.3, -0.25) is 19.4 Å². The molecule has 1 spiro atoms. The molecular weight excluding hydrogens is 450 g/mol. The maximum atomic E-state index is 14.4. The van der Waals surface area contributed by atoms with Crippen molar-refractivity contribution in [3.63, 3.8) is 0 Å². The van der Waals surface area contributed by atoms with Gasteiger partial charge in [-0.2, -0.15) is 0 Å². The van der Waals surface area contributed by atoms with E-state index in [4.69, 9.17) is 0 Å². The maximum absolute atomic E-state index is 14.4. The molecule has 0 radical (unpaired) electrons. The van der Waals surface area contributed by atoms with Crippen molar-refractivity contribution in [2.24, 2.45) is 5.41 Å². The van der Waals surface area contributed by atoms with Crippen LogP contribution >= 0.6 is 0 Å². The summed E-state index contributed by atoms with van der Waals surface area (Å²) in [7, 11) is 2.91. The summed E-state index contributed by atoms with van der Waals surface area (Å²) in [6.45, 7) is 0. The van der Waals surface area contributed by atoms with Crippen molar-refractivity contribution in [3.05, 3.63) is 114 Å². The van der Waals surface area contributed by atoms with Crippen LogP contribution in [0.1, 0.15) is 28.7 Å². The van der Waals surface area contributed by atoms with Crippen LogP contribution in [0.2, 0.25) is 0 Å². The van der Waals surface area contributed by atoms with E-state index in [1.165, 1.54) is 14.1 Å². The quantitative estimate of drug-likeness (QED) is 0.406. The molecule has 178 valence electrons. The molecule has 0 bridgehead atoms. The summed E-state index contributed by atoms with van der Waals surface area (Å²) in [6.07, 6.45) is 0. The number of nitrogens with zero attached hydrogens (tertiary/aromatic N) is 2. The van der Waals surface area contributed by atoms with Crippen molar-refractivity contribution in [1.29, 1.82) is 0 Å². The Morgan fingerprint density at radius 2 is 1.22 bits per heavy atom. The number of nitrogens with one attached hydrogen (secondary N) is 1. The standard InChI is InChI=1S/C30H25N3O3/c1-32-27(34)30(28(35)33(2)29(32)36)25(20-12-5-3-6-13-20)24-22-16-10-9-11-19(22)17-18-23(24)31-26(30)21-14-7-4-8-15-21/h3-18,25-26,31H,1-2H3/t25-,26-/m1/s1. The molecule has 2 atom stereocenters. The van der Waals surface area contributed by atoms with Crippen LogP contribution in [-0.2, 0) is 9.59 Å². The number of anilines is 1. The summed E-state index contributed by atoms with van der Waals surface area (Å²) in [5, 5.41) is 5.55. The molecule has 0 unspecified atom stereocenters. The summed E-state index contributed by atoms with van der Waals surface area (Å²) < 4.78 is 0. The molecule has 2 aliphatic rings. The Morgan fingerprint density at radius 1 is 0.667 bits per heavy atom. The van der Waals surface area contributed by atoms with Crippen LogP contribution in [0, 0.1) is 5.41 Å². The third kappa shape index (κ3) is 2.87. The predicted octanol–water partition coefficient (Wildman–Crippen LogP) is 5.18. The van der Waals surface area contributed by atoms with Gasteiger partial charge in [0.05, 0.1) is 6.04 Å². The second kappa shape index (κ2) is 8.05. The molecule has 6 heteroatoms. The van der Waals surface area contributed by atoms with Crippen LogP contribution in [0.4, 0.5) is 10.5 Å². The minimum Gasteiger partial charge on any atom is -0.376 e. The zero-order chi connectivity index (χ0) is 25.0. The first-order valence-corrected chi connectivity index (χ1v) is 11.9. The smallest absolute Gasteiger partial charge is 0.332 e. The van der Waals surface area contributed by atoms with Crippen molar-refractivity contribution in [1.82, 2.24) is 9.80 Å². The summed E-state index contributed by atoms with van der Waals surface area (Å²) in [5.74, 6) is -1.65. The Hall–Kier alpha value is -4.45. The highest BCUT2D eigenvalue weighted by atomic mass is 16.2. The van der Waals surface area contributed by atoms with E-state index in [9.17, 15) is 14.4 Å². The number of carbonyl (C=O) groups excluding carboxylic acids is 3. The minimum absolute atomic E-state index is 0.510. The minimum atomic E-state index is -1.63. The molecular formula is C30H25N3O3. The zero-order valence-corrected chi connectivity index (χ0v) is 20.0. The predicted molar refractivity (Wildman–Crippen MR) is 138 cm³/mol. The SMILES string of the molecule is CN1C(=O)N(C)C(=O)C2(C1=O)[C@H](c1ccccc1)c1c(ccc3ccccc13)N[C@@H]2c1ccccc1. The van der Waals surface area contributed by atoms with Gasteiger partial charge in [-0.25, -0.2) is 4.79 Å². The lowest BCUT2D eigenvalue weighted by Gasteiger charge is -2.53. The monoisotopic (exact) mass is 475 g/mol. The lowest BCUT2D eigenvalue weighted by Crippen LogP contribution is -2.68.